The largest absolute Gasteiger partial charge is 0.399 e. The molecular formula is C25H26N6O2. The number of imide groups is 1. The minimum atomic E-state index is -0.421. The average Bonchev–Trinajstić information content (AvgIpc) is 3.43. The Hall–Kier alpha value is -4.04. The molecule has 0 bridgehead atoms. The maximum absolute atomic E-state index is 13.1. The second kappa shape index (κ2) is 8.14. The van der Waals surface area contributed by atoms with Gasteiger partial charge in [0.1, 0.15) is 0 Å². The van der Waals surface area contributed by atoms with Crippen molar-refractivity contribution >= 4 is 56.1 Å². The fourth-order valence-corrected chi connectivity index (χ4v) is 4.56. The monoisotopic (exact) mass is 442 g/mol. The van der Waals surface area contributed by atoms with Gasteiger partial charge in [0.25, 0.3) is 11.8 Å². The van der Waals surface area contributed by atoms with Crippen LogP contribution in [0.25, 0.3) is 33.0 Å². The van der Waals surface area contributed by atoms with Crippen LogP contribution in [0.15, 0.2) is 48.8 Å². The van der Waals surface area contributed by atoms with Gasteiger partial charge in [-0.15, -0.1) is 0 Å². The lowest BCUT2D eigenvalue weighted by Crippen LogP contribution is -2.22. The third-order valence-electron chi connectivity index (χ3n) is 6.08. The Labute approximate surface area is 190 Å². The van der Waals surface area contributed by atoms with Gasteiger partial charge >= 0.3 is 0 Å². The number of rotatable bonds is 7. The van der Waals surface area contributed by atoms with Crippen molar-refractivity contribution in [3.8, 4) is 0 Å². The predicted octanol–water partition coefficient (Wildman–Crippen LogP) is 2.85. The number of hydrogen-bond acceptors (Lipinski definition) is 5. The van der Waals surface area contributed by atoms with Gasteiger partial charge in [-0.1, -0.05) is 6.92 Å². The van der Waals surface area contributed by atoms with E-state index < -0.39 is 11.8 Å². The molecule has 2 aromatic heterocycles. The Balaban J connectivity index is 1.71. The van der Waals surface area contributed by atoms with Gasteiger partial charge in [-0.05, 0) is 55.9 Å². The molecule has 0 fully saturated rings. The van der Waals surface area contributed by atoms with Crippen LogP contribution in [-0.2, 0) is 16.1 Å². The van der Waals surface area contributed by atoms with E-state index in [2.05, 4.69) is 27.1 Å². The summed E-state index contributed by atoms with van der Waals surface area (Å²) in [6, 6.07) is 11.1. The first-order valence-corrected chi connectivity index (χ1v) is 11.0. The Morgan fingerprint density at radius 1 is 0.939 bits per heavy atom. The number of H-pyrrole nitrogens is 1. The summed E-state index contributed by atoms with van der Waals surface area (Å²) in [6.07, 6.45) is 4.63. The number of nitrogens with zero attached hydrogens (tertiary/aromatic N) is 1. The third-order valence-corrected chi connectivity index (χ3v) is 6.08. The molecule has 0 spiro atoms. The van der Waals surface area contributed by atoms with Crippen molar-refractivity contribution in [1.82, 2.24) is 20.2 Å². The van der Waals surface area contributed by atoms with E-state index in [0.29, 0.717) is 33.6 Å². The topological polar surface area (TPSA) is 131 Å². The molecule has 33 heavy (non-hydrogen) atoms. The van der Waals surface area contributed by atoms with Crippen LogP contribution in [0, 0.1) is 0 Å². The second-order valence-electron chi connectivity index (χ2n) is 8.26. The summed E-state index contributed by atoms with van der Waals surface area (Å²) in [6.45, 7) is 4.66. The van der Waals surface area contributed by atoms with E-state index in [9.17, 15) is 9.59 Å². The number of nitrogens with two attached hydrogens (primary N) is 2. The van der Waals surface area contributed by atoms with Gasteiger partial charge in [0.15, 0.2) is 0 Å². The van der Waals surface area contributed by atoms with E-state index in [4.69, 9.17) is 11.5 Å². The zero-order chi connectivity index (χ0) is 23.1. The smallest absolute Gasteiger partial charge is 0.259 e. The molecule has 0 unspecified atom stereocenters. The van der Waals surface area contributed by atoms with Crippen molar-refractivity contribution in [2.24, 2.45) is 0 Å². The lowest BCUT2D eigenvalue weighted by Gasteiger charge is -2.05. The van der Waals surface area contributed by atoms with Crippen molar-refractivity contribution < 1.29 is 9.59 Å². The number of benzene rings is 2. The number of nitrogens with one attached hydrogen (secondary N) is 3. The summed E-state index contributed by atoms with van der Waals surface area (Å²) >= 11 is 0. The third kappa shape index (κ3) is 3.54. The molecule has 0 atom stereocenters. The van der Waals surface area contributed by atoms with Gasteiger partial charge in [-0.3, -0.25) is 14.9 Å². The van der Waals surface area contributed by atoms with Crippen LogP contribution in [0.5, 0.6) is 0 Å². The Morgan fingerprint density at radius 3 is 2.39 bits per heavy atom. The predicted molar refractivity (Wildman–Crippen MR) is 132 cm³/mol. The van der Waals surface area contributed by atoms with Crippen molar-refractivity contribution in [1.29, 1.82) is 0 Å². The zero-order valence-electron chi connectivity index (χ0n) is 18.4. The molecule has 7 N–H and O–H groups in total. The number of carbonyl (C=O) groups is 2. The molecule has 0 radical (unpaired) electrons. The number of aryl methyl sites for hydroxylation is 1. The second-order valence-corrected chi connectivity index (χ2v) is 8.26. The molecule has 3 heterocycles. The summed E-state index contributed by atoms with van der Waals surface area (Å²) in [5.41, 5.74) is 17.1. The number of amides is 2. The van der Waals surface area contributed by atoms with Crippen LogP contribution in [0.3, 0.4) is 0 Å². The number of aromatic nitrogens is 2. The highest BCUT2D eigenvalue weighted by atomic mass is 16.2. The van der Waals surface area contributed by atoms with Gasteiger partial charge < -0.3 is 26.3 Å². The lowest BCUT2D eigenvalue weighted by atomic mass is 9.95. The van der Waals surface area contributed by atoms with E-state index in [-0.39, 0.29) is 0 Å². The molecule has 8 heteroatoms. The molecule has 168 valence electrons. The molecule has 0 saturated carbocycles. The standard InChI is InChI=1S/C25H26N6O2/c1-2-28-8-3-9-31-13-19(17-11-15(27)5-7-21(17)31)23-22(24(32)30-25(23)33)18-12-29-20-6-4-14(26)10-16(18)20/h4-7,10-13,28-29H,2-3,8-9,26-27H2,1H3,(H,30,32,33). The van der Waals surface area contributed by atoms with Crippen LogP contribution in [0.1, 0.15) is 24.5 Å². The Morgan fingerprint density at radius 2 is 1.64 bits per heavy atom. The molecule has 4 aromatic rings. The normalized spacial score (nSPS) is 14.1. The first kappa shape index (κ1) is 20.8. The van der Waals surface area contributed by atoms with E-state index >= 15 is 0 Å². The number of fused-ring (bicyclic) bond motifs is 2. The number of anilines is 2. The highest BCUT2D eigenvalue weighted by Gasteiger charge is 2.35. The molecule has 5 rings (SSSR count). The van der Waals surface area contributed by atoms with Crippen molar-refractivity contribution in [3.05, 3.63) is 59.9 Å². The van der Waals surface area contributed by atoms with Crippen molar-refractivity contribution in [3.63, 3.8) is 0 Å². The summed E-state index contributed by atoms with van der Waals surface area (Å²) in [7, 11) is 0. The molecule has 2 amide bonds. The van der Waals surface area contributed by atoms with Crippen LogP contribution in [-0.4, -0.2) is 34.5 Å². The van der Waals surface area contributed by atoms with Gasteiger partial charge in [0.05, 0.1) is 11.1 Å². The van der Waals surface area contributed by atoms with E-state index in [0.717, 1.165) is 47.9 Å². The Bertz CT molecular complexity index is 1440. The molecule has 0 saturated heterocycles. The maximum Gasteiger partial charge on any atom is 0.259 e. The van der Waals surface area contributed by atoms with Crippen LogP contribution >= 0.6 is 0 Å². The summed E-state index contributed by atoms with van der Waals surface area (Å²) in [5, 5.41) is 7.45. The molecule has 0 aliphatic carbocycles. The van der Waals surface area contributed by atoms with E-state index in [1.807, 2.05) is 36.5 Å². The highest BCUT2D eigenvalue weighted by molar-refractivity contribution is 6.50. The number of nitrogen functional groups attached to an aromatic ring is 2. The minimum absolute atomic E-state index is 0.339. The first-order valence-electron chi connectivity index (χ1n) is 11.0. The van der Waals surface area contributed by atoms with Gasteiger partial charge in [0, 0.05) is 63.2 Å². The molecule has 8 nitrogen and oxygen atoms in total. The van der Waals surface area contributed by atoms with Gasteiger partial charge in [-0.25, -0.2) is 0 Å². The fourth-order valence-electron chi connectivity index (χ4n) is 4.56. The van der Waals surface area contributed by atoms with E-state index in [1.165, 1.54) is 0 Å². The number of aromatic amines is 1. The molecular weight excluding hydrogens is 416 g/mol. The van der Waals surface area contributed by atoms with Crippen LogP contribution in [0.4, 0.5) is 11.4 Å². The minimum Gasteiger partial charge on any atom is -0.399 e. The SMILES string of the molecule is CCNCCCn1cc(C2=C(c3c[nH]c4ccc(N)cc34)C(=O)NC2=O)c2cc(N)ccc21. The summed E-state index contributed by atoms with van der Waals surface area (Å²) < 4.78 is 2.12. The highest BCUT2D eigenvalue weighted by Crippen LogP contribution is 2.39. The lowest BCUT2D eigenvalue weighted by molar-refractivity contribution is -0.122. The van der Waals surface area contributed by atoms with Crippen molar-refractivity contribution in [2.45, 2.75) is 19.9 Å². The molecule has 2 aromatic carbocycles. The van der Waals surface area contributed by atoms with E-state index in [1.54, 1.807) is 12.3 Å². The van der Waals surface area contributed by atoms with Gasteiger partial charge in [0.2, 0.25) is 0 Å². The Kier molecular flexibility index (Phi) is 5.14. The summed E-state index contributed by atoms with van der Waals surface area (Å²) in [4.78, 5) is 29.2. The quantitative estimate of drug-likeness (QED) is 0.171. The van der Waals surface area contributed by atoms with Crippen molar-refractivity contribution in [2.75, 3.05) is 24.6 Å². The maximum atomic E-state index is 13.1. The first-order chi connectivity index (χ1) is 16.0. The number of hydrogen-bond donors (Lipinski definition) is 5. The number of carbonyl (C=O) groups excluding carboxylic acids is 2. The van der Waals surface area contributed by atoms with Crippen LogP contribution in [0.2, 0.25) is 0 Å². The molecule has 1 aliphatic rings. The van der Waals surface area contributed by atoms with Gasteiger partial charge in [-0.2, -0.15) is 0 Å². The summed E-state index contributed by atoms with van der Waals surface area (Å²) in [5.74, 6) is -0.836. The average molecular weight is 443 g/mol. The fraction of sp³-hybridized carbons (Fsp3) is 0.200. The zero-order valence-corrected chi connectivity index (χ0v) is 18.4. The van der Waals surface area contributed by atoms with Crippen LogP contribution < -0.4 is 22.1 Å². The molecule has 1 aliphatic heterocycles.